The highest BCUT2D eigenvalue weighted by atomic mass is 16.5. The Labute approximate surface area is 278 Å². The van der Waals surface area contributed by atoms with Crippen molar-refractivity contribution in [2.45, 2.75) is 19.3 Å². The maximum Gasteiger partial charge on any atom is 0.163 e. The lowest BCUT2D eigenvalue weighted by Crippen LogP contribution is -2.32. The highest BCUT2D eigenvalue weighted by Crippen LogP contribution is 2.62. The monoisotopic (exact) mass is 616 g/mol. The van der Waals surface area contributed by atoms with Gasteiger partial charge in [0, 0.05) is 16.7 Å². The van der Waals surface area contributed by atoms with Crippen molar-refractivity contribution >= 4 is 0 Å². The van der Waals surface area contributed by atoms with Crippen LogP contribution in [0, 0.1) is 25.2 Å². The van der Waals surface area contributed by atoms with Crippen molar-refractivity contribution in [1.29, 1.82) is 5.26 Å². The number of ether oxygens (including phenoxy) is 1. The van der Waals surface area contributed by atoms with Crippen molar-refractivity contribution in [1.82, 2.24) is 15.0 Å². The smallest absolute Gasteiger partial charge is 0.163 e. The van der Waals surface area contributed by atoms with Crippen molar-refractivity contribution in [2.24, 2.45) is 0 Å². The van der Waals surface area contributed by atoms with Crippen LogP contribution in [0.4, 0.5) is 0 Å². The van der Waals surface area contributed by atoms with Gasteiger partial charge in [-0.3, -0.25) is 0 Å². The molecule has 0 amide bonds. The highest BCUT2D eigenvalue weighted by Gasteiger charge is 2.51. The number of rotatable bonds is 3. The molecule has 1 aromatic heterocycles. The van der Waals surface area contributed by atoms with Crippen LogP contribution in [-0.4, -0.2) is 15.0 Å². The number of nitriles is 1. The number of hydrogen-bond donors (Lipinski definition) is 0. The zero-order chi connectivity index (χ0) is 32.4. The Hall–Kier alpha value is -6.38. The van der Waals surface area contributed by atoms with Crippen LogP contribution >= 0.6 is 0 Å². The van der Waals surface area contributed by atoms with E-state index in [-0.39, 0.29) is 0 Å². The molecule has 0 bridgehead atoms. The Bertz CT molecular complexity index is 2430. The van der Waals surface area contributed by atoms with Crippen molar-refractivity contribution in [3.63, 3.8) is 0 Å². The maximum atomic E-state index is 10.00. The lowest BCUT2D eigenvalue weighted by molar-refractivity contribution is 0.436. The van der Waals surface area contributed by atoms with Crippen LogP contribution < -0.4 is 4.74 Å². The van der Waals surface area contributed by atoms with E-state index >= 15 is 0 Å². The van der Waals surface area contributed by atoms with E-state index in [0.29, 0.717) is 23.0 Å². The number of benzene rings is 6. The maximum absolute atomic E-state index is 10.00. The lowest BCUT2D eigenvalue weighted by Gasteiger charge is -2.39. The van der Waals surface area contributed by atoms with Gasteiger partial charge >= 0.3 is 0 Å². The molecule has 1 aliphatic carbocycles. The minimum atomic E-state index is -0.647. The molecular formula is C43H28N4O. The second-order valence-electron chi connectivity index (χ2n) is 12.4. The van der Waals surface area contributed by atoms with Gasteiger partial charge in [-0.25, -0.2) is 15.0 Å². The molecule has 1 aliphatic heterocycles. The Morgan fingerprint density at radius 2 is 1.02 bits per heavy atom. The first-order valence-corrected chi connectivity index (χ1v) is 16.0. The zero-order valence-electron chi connectivity index (χ0n) is 26.4. The molecule has 7 aromatic rings. The van der Waals surface area contributed by atoms with E-state index in [1.165, 1.54) is 5.56 Å². The summed E-state index contributed by atoms with van der Waals surface area (Å²) >= 11 is 0. The fourth-order valence-corrected chi connectivity index (χ4v) is 7.61. The lowest BCUT2D eigenvalue weighted by atomic mass is 9.65. The molecule has 0 saturated heterocycles. The molecule has 226 valence electrons. The second kappa shape index (κ2) is 10.6. The molecule has 2 aliphatic rings. The molecule has 48 heavy (non-hydrogen) atoms. The first-order valence-electron chi connectivity index (χ1n) is 16.0. The quantitative estimate of drug-likeness (QED) is 0.198. The second-order valence-corrected chi connectivity index (χ2v) is 12.4. The summed E-state index contributed by atoms with van der Waals surface area (Å²) in [5.41, 5.74) is 12.1. The number of aryl methyl sites for hydroxylation is 2. The van der Waals surface area contributed by atoms with E-state index in [4.69, 9.17) is 4.74 Å². The van der Waals surface area contributed by atoms with E-state index in [1.807, 2.05) is 50.2 Å². The van der Waals surface area contributed by atoms with E-state index in [0.717, 1.165) is 67.1 Å². The SMILES string of the molecule is Cc1nc(C)nc(-c2cccc(-c3cccc(-c4ccc5c(c4)C4(c6ccccc6Oc6ccccc64)c4cc(C#N)ccc4-5)c3)c2)n1. The molecule has 2 heterocycles. The minimum absolute atomic E-state index is 0.639. The van der Waals surface area contributed by atoms with E-state index < -0.39 is 5.41 Å². The van der Waals surface area contributed by atoms with Crippen LogP contribution in [0.1, 0.15) is 39.5 Å². The number of fused-ring (bicyclic) bond motifs is 9. The topological polar surface area (TPSA) is 71.7 Å². The van der Waals surface area contributed by atoms with E-state index in [2.05, 4.69) is 118 Å². The van der Waals surface area contributed by atoms with Crippen molar-refractivity contribution in [3.8, 4) is 62.3 Å². The summed E-state index contributed by atoms with van der Waals surface area (Å²) in [5, 5.41) is 10.00. The van der Waals surface area contributed by atoms with Crippen molar-refractivity contribution in [3.05, 3.63) is 173 Å². The highest BCUT2D eigenvalue weighted by molar-refractivity contribution is 5.91. The summed E-state index contributed by atoms with van der Waals surface area (Å²) in [5.74, 6) is 3.75. The van der Waals surface area contributed by atoms with Gasteiger partial charge in [-0.1, -0.05) is 91.0 Å². The van der Waals surface area contributed by atoms with E-state index in [9.17, 15) is 5.26 Å². The van der Waals surface area contributed by atoms with Gasteiger partial charge in [0.1, 0.15) is 23.1 Å². The zero-order valence-corrected chi connectivity index (χ0v) is 26.4. The fourth-order valence-electron chi connectivity index (χ4n) is 7.61. The molecule has 9 rings (SSSR count). The van der Waals surface area contributed by atoms with Gasteiger partial charge in [-0.05, 0) is 101 Å². The average molecular weight is 617 g/mol. The molecular weight excluding hydrogens is 589 g/mol. The number of aromatic nitrogens is 3. The van der Waals surface area contributed by atoms with Gasteiger partial charge in [0.25, 0.3) is 0 Å². The molecule has 0 fully saturated rings. The Balaban J connectivity index is 1.23. The molecule has 0 saturated carbocycles. The molecule has 0 atom stereocenters. The minimum Gasteiger partial charge on any atom is -0.457 e. The third-order valence-corrected chi connectivity index (χ3v) is 9.58. The standard InChI is InChI=1S/C43H28N4O/c1-26-45-27(2)47-42(46-26)33-12-8-11-31(23-33)29-9-7-10-30(22-29)32-18-20-35-34-19-17-28(25-44)21-38(34)43(39(35)24-32)36-13-3-5-15-40(36)48-41-16-6-4-14-37(41)43/h3-24H,1-2H3. The molecule has 6 aromatic carbocycles. The van der Waals surface area contributed by atoms with Crippen molar-refractivity contribution < 1.29 is 4.74 Å². The Morgan fingerprint density at radius 3 is 1.65 bits per heavy atom. The first-order chi connectivity index (χ1) is 23.5. The van der Waals surface area contributed by atoms with Gasteiger partial charge in [0.2, 0.25) is 0 Å². The molecule has 5 nitrogen and oxygen atoms in total. The van der Waals surface area contributed by atoms with Gasteiger partial charge in [-0.2, -0.15) is 5.26 Å². The largest absolute Gasteiger partial charge is 0.457 e. The van der Waals surface area contributed by atoms with E-state index in [1.54, 1.807) is 0 Å². The summed E-state index contributed by atoms with van der Waals surface area (Å²) in [6, 6.07) is 48.9. The van der Waals surface area contributed by atoms with Crippen LogP contribution in [-0.2, 0) is 5.41 Å². The summed E-state index contributed by atoms with van der Waals surface area (Å²) in [7, 11) is 0. The summed E-state index contributed by atoms with van der Waals surface area (Å²) < 4.78 is 6.51. The van der Waals surface area contributed by atoms with Gasteiger partial charge < -0.3 is 4.74 Å². The van der Waals surface area contributed by atoms with Crippen LogP contribution in [0.25, 0.3) is 44.8 Å². The molecule has 5 heteroatoms. The number of para-hydroxylation sites is 2. The number of hydrogen-bond acceptors (Lipinski definition) is 5. The van der Waals surface area contributed by atoms with Crippen LogP contribution in [0.2, 0.25) is 0 Å². The van der Waals surface area contributed by atoms with Crippen LogP contribution in [0.5, 0.6) is 11.5 Å². The molecule has 0 N–H and O–H groups in total. The Kier molecular flexibility index (Phi) is 6.15. The first kappa shape index (κ1) is 27.9. The number of nitrogens with zero attached hydrogens (tertiary/aromatic N) is 4. The predicted octanol–water partition coefficient (Wildman–Crippen LogP) is 9.83. The van der Waals surface area contributed by atoms with Gasteiger partial charge in [-0.15, -0.1) is 0 Å². The third kappa shape index (κ3) is 4.13. The molecule has 0 unspecified atom stereocenters. The van der Waals surface area contributed by atoms with Gasteiger partial charge in [0.05, 0.1) is 17.0 Å². The summed E-state index contributed by atoms with van der Waals surface area (Å²) in [6.07, 6.45) is 0. The van der Waals surface area contributed by atoms with Crippen LogP contribution in [0.15, 0.2) is 133 Å². The third-order valence-electron chi connectivity index (χ3n) is 9.58. The van der Waals surface area contributed by atoms with Crippen LogP contribution in [0.3, 0.4) is 0 Å². The Morgan fingerprint density at radius 1 is 0.500 bits per heavy atom. The normalized spacial score (nSPS) is 13.1. The van der Waals surface area contributed by atoms with Gasteiger partial charge in [0.15, 0.2) is 5.82 Å². The average Bonchev–Trinajstić information content (AvgIpc) is 3.40. The summed E-state index contributed by atoms with van der Waals surface area (Å²) in [6.45, 7) is 3.79. The molecule has 0 radical (unpaired) electrons. The summed E-state index contributed by atoms with van der Waals surface area (Å²) in [4.78, 5) is 13.5. The fraction of sp³-hybridized carbons (Fsp3) is 0.0698. The van der Waals surface area contributed by atoms with Crippen molar-refractivity contribution in [2.75, 3.05) is 0 Å². The molecule has 1 spiro atoms. The predicted molar refractivity (Wildman–Crippen MR) is 188 cm³/mol.